The molecule has 1 heterocycles. The molecule has 2 aromatic carbocycles. The van der Waals surface area contributed by atoms with Crippen molar-refractivity contribution in [2.45, 2.75) is 12.5 Å². The number of rotatable bonds is 4. The third kappa shape index (κ3) is 2.82. The molecule has 0 aliphatic heterocycles. The normalized spacial score (nSPS) is 11.8. The molecule has 108 valence electrons. The summed E-state index contributed by atoms with van der Waals surface area (Å²) in [5, 5.41) is 3.76. The fourth-order valence-electron chi connectivity index (χ4n) is 2.36. The average molecular weight is 291 g/mol. The van der Waals surface area contributed by atoms with Crippen LogP contribution in [0, 0.1) is 0 Å². The first-order valence-corrected chi connectivity index (χ1v) is 6.85. The van der Waals surface area contributed by atoms with Crippen LogP contribution in [0.4, 0.5) is 0 Å². The SMILES string of the molecule is [N-]=[N+]=NC(Cc1ccccc1)c1nc2ccccc2[nH]c1=O. The molecular weight excluding hydrogens is 278 g/mol. The van der Waals surface area contributed by atoms with Crippen LogP contribution in [0.15, 0.2) is 64.5 Å². The van der Waals surface area contributed by atoms with Crippen molar-refractivity contribution in [3.8, 4) is 0 Å². The van der Waals surface area contributed by atoms with Gasteiger partial charge in [-0.15, -0.1) is 0 Å². The molecular formula is C16H13N5O. The Morgan fingerprint density at radius 2 is 1.86 bits per heavy atom. The third-order valence-corrected chi connectivity index (χ3v) is 3.40. The minimum Gasteiger partial charge on any atom is -0.319 e. The first-order valence-electron chi connectivity index (χ1n) is 6.85. The Morgan fingerprint density at radius 1 is 1.14 bits per heavy atom. The molecule has 0 saturated heterocycles. The molecule has 0 spiro atoms. The summed E-state index contributed by atoms with van der Waals surface area (Å²) in [6, 6.07) is 16.2. The largest absolute Gasteiger partial charge is 0.319 e. The van der Waals surface area contributed by atoms with E-state index in [2.05, 4.69) is 20.0 Å². The number of benzene rings is 2. The molecule has 1 unspecified atom stereocenters. The van der Waals surface area contributed by atoms with Crippen LogP contribution in [-0.4, -0.2) is 9.97 Å². The van der Waals surface area contributed by atoms with Gasteiger partial charge in [-0.3, -0.25) is 4.79 Å². The van der Waals surface area contributed by atoms with Crippen LogP contribution < -0.4 is 5.56 Å². The van der Waals surface area contributed by atoms with Crippen LogP contribution >= 0.6 is 0 Å². The molecule has 6 nitrogen and oxygen atoms in total. The van der Waals surface area contributed by atoms with Gasteiger partial charge >= 0.3 is 0 Å². The second kappa shape index (κ2) is 6.11. The molecule has 0 aliphatic carbocycles. The molecule has 0 saturated carbocycles. The van der Waals surface area contributed by atoms with Crippen LogP contribution in [0.5, 0.6) is 0 Å². The van der Waals surface area contributed by atoms with Crippen molar-refractivity contribution in [1.82, 2.24) is 9.97 Å². The van der Waals surface area contributed by atoms with E-state index in [0.29, 0.717) is 17.5 Å². The number of fused-ring (bicyclic) bond motifs is 1. The first-order chi connectivity index (χ1) is 10.8. The van der Waals surface area contributed by atoms with Crippen molar-refractivity contribution in [3.63, 3.8) is 0 Å². The van der Waals surface area contributed by atoms with Crippen molar-refractivity contribution in [2.75, 3.05) is 0 Å². The molecule has 1 atom stereocenters. The Hall–Kier alpha value is -3.11. The number of azide groups is 1. The topological polar surface area (TPSA) is 94.5 Å². The molecule has 3 rings (SSSR count). The molecule has 0 amide bonds. The summed E-state index contributed by atoms with van der Waals surface area (Å²) in [5.74, 6) is 0. The highest BCUT2D eigenvalue weighted by atomic mass is 16.1. The van der Waals surface area contributed by atoms with E-state index >= 15 is 0 Å². The van der Waals surface area contributed by atoms with E-state index in [1.54, 1.807) is 6.07 Å². The quantitative estimate of drug-likeness (QED) is 0.452. The van der Waals surface area contributed by atoms with Crippen molar-refractivity contribution in [2.24, 2.45) is 5.11 Å². The minimum atomic E-state index is -0.638. The molecule has 22 heavy (non-hydrogen) atoms. The van der Waals surface area contributed by atoms with Gasteiger partial charge in [-0.05, 0) is 29.6 Å². The summed E-state index contributed by atoms with van der Waals surface area (Å²) in [7, 11) is 0. The van der Waals surface area contributed by atoms with Crippen LogP contribution in [0.25, 0.3) is 21.5 Å². The van der Waals surface area contributed by atoms with Gasteiger partial charge in [0.1, 0.15) is 5.69 Å². The van der Waals surface area contributed by atoms with Crippen molar-refractivity contribution < 1.29 is 0 Å². The Labute approximate surface area is 126 Å². The van der Waals surface area contributed by atoms with E-state index in [0.717, 1.165) is 5.56 Å². The lowest BCUT2D eigenvalue weighted by Gasteiger charge is -2.10. The van der Waals surface area contributed by atoms with E-state index in [4.69, 9.17) is 5.53 Å². The highest BCUT2D eigenvalue weighted by Crippen LogP contribution is 2.20. The lowest BCUT2D eigenvalue weighted by molar-refractivity contribution is 0.682. The number of para-hydroxylation sites is 2. The zero-order valence-corrected chi connectivity index (χ0v) is 11.7. The zero-order chi connectivity index (χ0) is 15.4. The number of nitrogens with one attached hydrogen (secondary N) is 1. The molecule has 0 aliphatic rings. The van der Waals surface area contributed by atoms with Gasteiger partial charge in [0.2, 0.25) is 0 Å². The summed E-state index contributed by atoms with van der Waals surface area (Å²) in [4.78, 5) is 22.3. The fraction of sp³-hybridized carbons (Fsp3) is 0.125. The van der Waals surface area contributed by atoms with Crippen LogP contribution in [0.1, 0.15) is 17.3 Å². The molecule has 1 aromatic heterocycles. The van der Waals surface area contributed by atoms with Crippen LogP contribution in [0.2, 0.25) is 0 Å². The molecule has 0 bridgehead atoms. The monoisotopic (exact) mass is 291 g/mol. The smallest absolute Gasteiger partial charge is 0.270 e. The predicted molar refractivity (Wildman–Crippen MR) is 84.4 cm³/mol. The average Bonchev–Trinajstić information content (AvgIpc) is 2.55. The number of H-pyrrole nitrogens is 1. The second-order valence-electron chi connectivity index (χ2n) is 4.88. The van der Waals surface area contributed by atoms with Crippen molar-refractivity contribution in [1.29, 1.82) is 0 Å². The molecule has 3 aromatic rings. The van der Waals surface area contributed by atoms with Gasteiger partial charge in [0.15, 0.2) is 0 Å². The Morgan fingerprint density at radius 3 is 2.64 bits per heavy atom. The standard InChI is InChI=1S/C16H13N5O/c17-21-20-14(10-11-6-2-1-3-7-11)15-16(22)19-13-9-5-4-8-12(13)18-15/h1-9,14H,10H2,(H,19,22). The van der Waals surface area contributed by atoms with Gasteiger partial charge in [-0.2, -0.15) is 0 Å². The summed E-state index contributed by atoms with van der Waals surface area (Å²) >= 11 is 0. The van der Waals surface area contributed by atoms with Gasteiger partial charge in [0, 0.05) is 4.91 Å². The van der Waals surface area contributed by atoms with Gasteiger partial charge in [-0.1, -0.05) is 47.6 Å². The van der Waals surface area contributed by atoms with Crippen LogP contribution in [-0.2, 0) is 6.42 Å². The van der Waals surface area contributed by atoms with Gasteiger partial charge in [-0.25, -0.2) is 4.98 Å². The highest BCUT2D eigenvalue weighted by molar-refractivity contribution is 5.73. The highest BCUT2D eigenvalue weighted by Gasteiger charge is 2.17. The molecule has 6 heteroatoms. The summed E-state index contributed by atoms with van der Waals surface area (Å²) < 4.78 is 0. The van der Waals surface area contributed by atoms with E-state index in [1.807, 2.05) is 48.5 Å². The Balaban J connectivity index is 2.06. The number of aromatic nitrogens is 2. The van der Waals surface area contributed by atoms with Crippen LogP contribution in [0.3, 0.4) is 0 Å². The lowest BCUT2D eigenvalue weighted by Crippen LogP contribution is -2.19. The maximum absolute atomic E-state index is 12.2. The van der Waals surface area contributed by atoms with E-state index in [1.165, 1.54) is 0 Å². The molecule has 0 radical (unpaired) electrons. The minimum absolute atomic E-state index is 0.236. The third-order valence-electron chi connectivity index (χ3n) is 3.40. The summed E-state index contributed by atoms with van der Waals surface area (Å²) in [6.45, 7) is 0. The Kier molecular flexibility index (Phi) is 3.85. The number of hydrogen-bond acceptors (Lipinski definition) is 3. The molecule has 1 N–H and O–H groups in total. The van der Waals surface area contributed by atoms with E-state index in [-0.39, 0.29) is 11.3 Å². The number of aromatic amines is 1. The van der Waals surface area contributed by atoms with E-state index < -0.39 is 6.04 Å². The van der Waals surface area contributed by atoms with Gasteiger partial charge in [0.05, 0.1) is 17.1 Å². The Bertz CT molecular complexity index is 897. The first kappa shape index (κ1) is 13.9. The van der Waals surface area contributed by atoms with Crippen molar-refractivity contribution >= 4 is 11.0 Å². The maximum Gasteiger partial charge on any atom is 0.270 e. The number of nitrogens with zero attached hydrogens (tertiary/aromatic N) is 4. The fourth-order valence-corrected chi connectivity index (χ4v) is 2.36. The summed E-state index contributed by atoms with van der Waals surface area (Å²) in [5.41, 5.74) is 11.0. The van der Waals surface area contributed by atoms with Gasteiger partial charge < -0.3 is 4.98 Å². The summed E-state index contributed by atoms with van der Waals surface area (Å²) in [6.07, 6.45) is 0.430. The predicted octanol–water partition coefficient (Wildman–Crippen LogP) is 3.52. The molecule has 0 fully saturated rings. The van der Waals surface area contributed by atoms with E-state index in [9.17, 15) is 4.79 Å². The van der Waals surface area contributed by atoms with Crippen molar-refractivity contribution in [3.05, 3.63) is 86.7 Å². The van der Waals surface area contributed by atoms with Gasteiger partial charge in [0.25, 0.3) is 5.56 Å². The zero-order valence-electron chi connectivity index (χ0n) is 11.7. The maximum atomic E-state index is 12.2. The lowest BCUT2D eigenvalue weighted by atomic mass is 10.0. The second-order valence-corrected chi connectivity index (χ2v) is 4.88. The number of hydrogen-bond donors (Lipinski definition) is 1.